The predicted molar refractivity (Wildman–Crippen MR) is 139 cm³/mol. The van der Waals surface area contributed by atoms with Crippen LogP contribution < -0.4 is 4.74 Å². The molecule has 0 N–H and O–H groups in total. The Morgan fingerprint density at radius 1 is 0.972 bits per heavy atom. The van der Waals surface area contributed by atoms with E-state index in [0.717, 1.165) is 11.1 Å². The molecule has 36 heavy (non-hydrogen) atoms. The Bertz CT molecular complexity index is 1360. The SMILES string of the molecule is Cc1nn(-c2ccccc2)c(OC(=O)c2ccccc2)c1[C@@H](C[N+](=O)[O-])c1ccc(C(C)(C)C)cc1. The van der Waals surface area contributed by atoms with Crippen molar-refractivity contribution >= 4 is 5.97 Å². The zero-order valence-corrected chi connectivity index (χ0v) is 20.8. The lowest BCUT2D eigenvalue weighted by Crippen LogP contribution is -2.18. The Balaban J connectivity index is 1.87. The number of nitrogens with zero attached hydrogens (tertiary/aromatic N) is 3. The van der Waals surface area contributed by atoms with E-state index in [2.05, 4.69) is 25.9 Å². The molecule has 0 unspecified atom stereocenters. The van der Waals surface area contributed by atoms with Crippen LogP contribution in [-0.4, -0.2) is 27.2 Å². The summed E-state index contributed by atoms with van der Waals surface area (Å²) in [5.41, 5.74) is 3.96. The molecule has 3 aromatic carbocycles. The highest BCUT2D eigenvalue weighted by Crippen LogP contribution is 2.37. The lowest BCUT2D eigenvalue weighted by molar-refractivity contribution is -0.481. The fourth-order valence-corrected chi connectivity index (χ4v) is 4.21. The van der Waals surface area contributed by atoms with Gasteiger partial charge in [-0.1, -0.05) is 81.4 Å². The molecule has 0 aliphatic rings. The van der Waals surface area contributed by atoms with Gasteiger partial charge in [0.15, 0.2) is 0 Å². The van der Waals surface area contributed by atoms with Crippen LogP contribution in [0.3, 0.4) is 0 Å². The number of aryl methyl sites for hydroxylation is 1. The number of esters is 1. The molecule has 0 radical (unpaired) electrons. The number of nitro groups is 1. The first-order valence-electron chi connectivity index (χ1n) is 11.8. The first-order chi connectivity index (χ1) is 17.1. The summed E-state index contributed by atoms with van der Waals surface area (Å²) in [6, 6.07) is 25.7. The summed E-state index contributed by atoms with van der Waals surface area (Å²) in [4.78, 5) is 24.6. The van der Waals surface area contributed by atoms with Crippen LogP contribution in [0.5, 0.6) is 5.88 Å². The summed E-state index contributed by atoms with van der Waals surface area (Å²) < 4.78 is 7.48. The zero-order chi connectivity index (χ0) is 25.9. The third-order valence-corrected chi connectivity index (χ3v) is 6.12. The van der Waals surface area contributed by atoms with Crippen LogP contribution in [0.15, 0.2) is 84.9 Å². The second kappa shape index (κ2) is 10.2. The van der Waals surface area contributed by atoms with E-state index in [1.54, 1.807) is 35.9 Å². The van der Waals surface area contributed by atoms with Crippen molar-refractivity contribution in [2.24, 2.45) is 0 Å². The molecule has 184 valence electrons. The Labute approximate surface area is 210 Å². The van der Waals surface area contributed by atoms with Crippen molar-refractivity contribution in [3.8, 4) is 11.6 Å². The van der Waals surface area contributed by atoms with Gasteiger partial charge in [-0.05, 0) is 47.7 Å². The molecule has 0 aliphatic heterocycles. The predicted octanol–water partition coefficient (Wildman–Crippen LogP) is 6.11. The number of hydrogen-bond acceptors (Lipinski definition) is 5. The number of ether oxygens (including phenoxy) is 1. The van der Waals surface area contributed by atoms with E-state index in [1.807, 2.05) is 60.7 Å². The highest BCUT2D eigenvalue weighted by atomic mass is 16.6. The Morgan fingerprint density at radius 2 is 1.56 bits per heavy atom. The van der Waals surface area contributed by atoms with E-state index in [4.69, 9.17) is 4.74 Å². The summed E-state index contributed by atoms with van der Waals surface area (Å²) in [7, 11) is 0. The van der Waals surface area contributed by atoms with E-state index >= 15 is 0 Å². The minimum atomic E-state index is -0.662. The largest absolute Gasteiger partial charge is 0.403 e. The van der Waals surface area contributed by atoms with Crippen molar-refractivity contribution in [1.29, 1.82) is 0 Å². The minimum absolute atomic E-state index is 0.0540. The molecule has 0 aliphatic carbocycles. The van der Waals surface area contributed by atoms with Crippen molar-refractivity contribution < 1.29 is 14.5 Å². The summed E-state index contributed by atoms with van der Waals surface area (Å²) in [6.45, 7) is 7.76. The van der Waals surface area contributed by atoms with Crippen molar-refractivity contribution in [1.82, 2.24) is 9.78 Å². The fraction of sp³-hybridized carbons (Fsp3) is 0.241. The smallest absolute Gasteiger partial charge is 0.344 e. The van der Waals surface area contributed by atoms with E-state index < -0.39 is 11.9 Å². The molecule has 0 bridgehead atoms. The quantitative estimate of drug-likeness (QED) is 0.180. The monoisotopic (exact) mass is 483 g/mol. The molecule has 0 fully saturated rings. The van der Waals surface area contributed by atoms with Crippen LogP contribution >= 0.6 is 0 Å². The normalized spacial score (nSPS) is 12.2. The topological polar surface area (TPSA) is 87.3 Å². The molecule has 0 saturated carbocycles. The van der Waals surface area contributed by atoms with Crippen LogP contribution in [0.2, 0.25) is 0 Å². The second-order valence-corrected chi connectivity index (χ2v) is 9.75. The zero-order valence-electron chi connectivity index (χ0n) is 20.8. The van der Waals surface area contributed by atoms with Gasteiger partial charge in [0.25, 0.3) is 0 Å². The Morgan fingerprint density at radius 3 is 2.11 bits per heavy atom. The molecule has 1 heterocycles. The molecule has 0 saturated heterocycles. The van der Waals surface area contributed by atoms with Gasteiger partial charge < -0.3 is 4.74 Å². The average Bonchev–Trinajstić information content (AvgIpc) is 3.18. The molecule has 1 atom stereocenters. The van der Waals surface area contributed by atoms with Gasteiger partial charge in [0.2, 0.25) is 12.4 Å². The van der Waals surface area contributed by atoms with Crippen LogP contribution in [0.1, 0.15) is 59.4 Å². The third kappa shape index (κ3) is 5.35. The Hall–Kier alpha value is -4.26. The Kier molecular flexibility index (Phi) is 7.01. The van der Waals surface area contributed by atoms with Gasteiger partial charge in [0, 0.05) is 4.92 Å². The van der Waals surface area contributed by atoms with Gasteiger partial charge in [-0.15, -0.1) is 0 Å². The number of carbonyl (C=O) groups excluding carboxylic acids is 1. The minimum Gasteiger partial charge on any atom is -0.403 e. The molecule has 7 nitrogen and oxygen atoms in total. The molecule has 4 aromatic rings. The summed E-state index contributed by atoms with van der Waals surface area (Å²) in [5.74, 6) is -1.04. The molecule has 1 aromatic heterocycles. The highest BCUT2D eigenvalue weighted by molar-refractivity contribution is 5.91. The van der Waals surface area contributed by atoms with Gasteiger partial charge in [-0.2, -0.15) is 5.10 Å². The van der Waals surface area contributed by atoms with Crippen LogP contribution in [0, 0.1) is 17.0 Å². The van der Waals surface area contributed by atoms with Gasteiger partial charge in [0.05, 0.1) is 28.4 Å². The van der Waals surface area contributed by atoms with E-state index in [9.17, 15) is 14.9 Å². The van der Waals surface area contributed by atoms with Crippen molar-refractivity contribution in [2.75, 3.05) is 6.54 Å². The van der Waals surface area contributed by atoms with E-state index in [1.165, 1.54) is 0 Å². The molecule has 0 spiro atoms. The molecule has 4 rings (SSSR count). The standard InChI is InChI=1S/C29H29N3O4/c1-20-26(25(19-31(34)35)21-15-17-23(18-16-21)29(2,3)4)27(32(30-20)24-13-9-6-10-14-24)36-28(33)22-11-7-5-8-12-22/h5-18,25H,19H2,1-4H3/t25-/m0/s1. The maximum absolute atomic E-state index is 13.1. The lowest BCUT2D eigenvalue weighted by Gasteiger charge is -2.21. The van der Waals surface area contributed by atoms with Gasteiger partial charge >= 0.3 is 5.97 Å². The number of benzene rings is 3. The van der Waals surface area contributed by atoms with Gasteiger partial charge in [-0.3, -0.25) is 10.1 Å². The molecule has 0 amide bonds. The summed E-state index contributed by atoms with van der Waals surface area (Å²) in [6.07, 6.45) is 0. The molecular weight excluding hydrogens is 454 g/mol. The van der Waals surface area contributed by atoms with Crippen molar-refractivity contribution in [3.05, 3.63) is 123 Å². The highest BCUT2D eigenvalue weighted by Gasteiger charge is 2.32. The molecule has 7 heteroatoms. The second-order valence-electron chi connectivity index (χ2n) is 9.75. The third-order valence-electron chi connectivity index (χ3n) is 6.12. The number of aromatic nitrogens is 2. The maximum Gasteiger partial charge on any atom is 0.344 e. The number of para-hydroxylation sites is 1. The first kappa shape index (κ1) is 24.9. The van der Waals surface area contributed by atoms with E-state index in [0.29, 0.717) is 22.5 Å². The van der Waals surface area contributed by atoms with Gasteiger partial charge in [0.1, 0.15) is 0 Å². The summed E-state index contributed by atoms with van der Waals surface area (Å²) >= 11 is 0. The molecular formula is C29H29N3O4. The van der Waals surface area contributed by atoms with Gasteiger partial charge in [-0.25, -0.2) is 9.48 Å². The van der Waals surface area contributed by atoms with Crippen LogP contribution in [0.4, 0.5) is 0 Å². The first-order valence-corrected chi connectivity index (χ1v) is 11.8. The fourth-order valence-electron chi connectivity index (χ4n) is 4.21. The van der Waals surface area contributed by atoms with Crippen LogP contribution in [0.25, 0.3) is 5.69 Å². The number of hydrogen-bond donors (Lipinski definition) is 0. The van der Waals surface area contributed by atoms with Crippen LogP contribution in [-0.2, 0) is 5.41 Å². The maximum atomic E-state index is 13.1. The van der Waals surface area contributed by atoms with Crippen molar-refractivity contribution in [3.63, 3.8) is 0 Å². The number of rotatable bonds is 7. The summed E-state index contributed by atoms with van der Waals surface area (Å²) in [5, 5.41) is 16.5. The van der Waals surface area contributed by atoms with Crippen molar-refractivity contribution in [2.45, 2.75) is 39.0 Å². The number of carbonyl (C=O) groups is 1. The van der Waals surface area contributed by atoms with E-state index in [-0.39, 0.29) is 22.8 Å². The lowest BCUT2D eigenvalue weighted by atomic mass is 9.84. The average molecular weight is 484 g/mol.